The molecule has 1 heterocycles. The van der Waals surface area contributed by atoms with E-state index in [0.29, 0.717) is 11.3 Å². The summed E-state index contributed by atoms with van der Waals surface area (Å²) < 4.78 is 32.2. The molecule has 29 heavy (non-hydrogen) atoms. The molecule has 8 nitrogen and oxygen atoms in total. The van der Waals surface area contributed by atoms with Crippen molar-refractivity contribution < 1.29 is 22.7 Å². The number of nitrogens with one attached hydrogen (secondary N) is 1. The molecule has 0 saturated carbocycles. The van der Waals surface area contributed by atoms with Crippen molar-refractivity contribution in [2.24, 2.45) is 5.10 Å². The largest absolute Gasteiger partial charge is 0.508 e. The summed E-state index contributed by atoms with van der Waals surface area (Å²) in [7, 11) is -3.92. The molecule has 150 valence electrons. The lowest BCUT2D eigenvalue weighted by Gasteiger charge is -2.20. The average Bonchev–Trinajstić information content (AvgIpc) is 3.23. The van der Waals surface area contributed by atoms with Crippen LogP contribution >= 0.6 is 0 Å². The predicted molar refractivity (Wildman–Crippen MR) is 107 cm³/mol. The molecule has 1 amide bonds. The first-order chi connectivity index (χ1) is 13.9. The lowest BCUT2D eigenvalue weighted by atomic mass is 10.2. The van der Waals surface area contributed by atoms with Gasteiger partial charge in [0.1, 0.15) is 11.5 Å². The molecule has 0 spiro atoms. The lowest BCUT2D eigenvalue weighted by molar-refractivity contribution is -0.121. The highest BCUT2D eigenvalue weighted by atomic mass is 32.2. The summed E-state index contributed by atoms with van der Waals surface area (Å²) >= 11 is 0. The van der Waals surface area contributed by atoms with Crippen molar-refractivity contribution in [2.75, 3.05) is 6.54 Å². The number of hydrazone groups is 1. The molecule has 0 bridgehead atoms. The molecule has 0 atom stereocenters. The van der Waals surface area contributed by atoms with Crippen LogP contribution in [0.4, 0.5) is 0 Å². The van der Waals surface area contributed by atoms with Crippen LogP contribution in [0.2, 0.25) is 0 Å². The zero-order chi connectivity index (χ0) is 20.7. The Morgan fingerprint density at radius 1 is 1.07 bits per heavy atom. The summed E-state index contributed by atoms with van der Waals surface area (Å²) in [4.78, 5) is 12.4. The van der Waals surface area contributed by atoms with Gasteiger partial charge in [0.2, 0.25) is 10.0 Å². The third kappa shape index (κ3) is 5.53. The van der Waals surface area contributed by atoms with Crippen molar-refractivity contribution >= 4 is 22.1 Å². The summed E-state index contributed by atoms with van der Waals surface area (Å²) in [6.45, 7) is -0.538. The minimum atomic E-state index is -3.92. The maximum Gasteiger partial charge on any atom is 0.255 e. The molecule has 9 heteroatoms. The lowest BCUT2D eigenvalue weighted by Crippen LogP contribution is -2.38. The highest BCUT2D eigenvalue weighted by molar-refractivity contribution is 7.89. The number of rotatable bonds is 8. The standard InChI is InChI=1S/C20H19N3O5S/c24-17-10-8-16(9-11-17)13-21-22-20(25)15-23(14-18-5-4-12-28-18)29(26,27)19-6-2-1-3-7-19/h1-13,24H,14-15H2,(H,22,25). The number of benzene rings is 2. The van der Waals surface area contributed by atoms with Crippen molar-refractivity contribution in [1.82, 2.24) is 9.73 Å². The number of phenolic OH excluding ortho intramolecular Hbond substituents is 1. The smallest absolute Gasteiger partial charge is 0.255 e. The fraction of sp³-hybridized carbons (Fsp3) is 0.100. The number of aromatic hydroxyl groups is 1. The van der Waals surface area contributed by atoms with Crippen LogP contribution in [0.5, 0.6) is 5.75 Å². The number of furan rings is 1. The number of carbonyl (C=O) groups is 1. The van der Waals surface area contributed by atoms with E-state index >= 15 is 0 Å². The van der Waals surface area contributed by atoms with Crippen molar-refractivity contribution in [3.05, 3.63) is 84.3 Å². The Bertz CT molecular complexity index is 1060. The number of hydrogen-bond acceptors (Lipinski definition) is 6. The highest BCUT2D eigenvalue weighted by Crippen LogP contribution is 2.18. The topological polar surface area (TPSA) is 112 Å². The van der Waals surface area contributed by atoms with E-state index in [0.717, 1.165) is 4.31 Å². The van der Waals surface area contributed by atoms with E-state index in [1.807, 2.05) is 0 Å². The number of phenols is 1. The SMILES string of the molecule is O=C(CN(Cc1ccco1)S(=O)(=O)c1ccccc1)NN=Cc1ccc(O)cc1. The second-order valence-corrected chi connectivity index (χ2v) is 7.99. The Morgan fingerprint density at radius 2 is 1.79 bits per heavy atom. The van der Waals surface area contributed by atoms with Crippen LogP contribution in [0, 0.1) is 0 Å². The Hall–Kier alpha value is -3.43. The van der Waals surface area contributed by atoms with Crippen LogP contribution in [0.25, 0.3) is 0 Å². The number of amides is 1. The third-order valence-electron chi connectivity index (χ3n) is 3.91. The summed E-state index contributed by atoms with van der Waals surface area (Å²) in [5.41, 5.74) is 2.97. The van der Waals surface area contributed by atoms with Gasteiger partial charge in [-0.15, -0.1) is 0 Å². The molecule has 0 aliphatic heterocycles. The van der Waals surface area contributed by atoms with Crippen molar-refractivity contribution in [1.29, 1.82) is 0 Å². The summed E-state index contributed by atoms with van der Waals surface area (Å²) in [5, 5.41) is 13.1. The molecule has 3 rings (SSSR count). The van der Waals surface area contributed by atoms with E-state index in [4.69, 9.17) is 4.42 Å². The van der Waals surface area contributed by atoms with Gasteiger partial charge >= 0.3 is 0 Å². The van der Waals surface area contributed by atoms with Gasteiger partial charge in [0.15, 0.2) is 0 Å². The molecule has 0 aliphatic rings. The molecule has 2 N–H and O–H groups in total. The van der Waals surface area contributed by atoms with Gasteiger partial charge in [-0.25, -0.2) is 13.8 Å². The molecule has 0 saturated heterocycles. The predicted octanol–water partition coefficient (Wildman–Crippen LogP) is 2.33. The van der Waals surface area contributed by atoms with E-state index in [-0.39, 0.29) is 17.2 Å². The maximum absolute atomic E-state index is 13.0. The van der Waals surface area contributed by atoms with Gasteiger partial charge in [-0.05, 0) is 54.1 Å². The minimum Gasteiger partial charge on any atom is -0.508 e. The molecular formula is C20H19N3O5S. The Morgan fingerprint density at radius 3 is 2.45 bits per heavy atom. The number of hydrogen-bond donors (Lipinski definition) is 2. The van der Waals surface area contributed by atoms with Gasteiger partial charge < -0.3 is 9.52 Å². The number of sulfonamides is 1. The van der Waals surface area contributed by atoms with Crippen molar-refractivity contribution in [3.8, 4) is 5.75 Å². The third-order valence-corrected chi connectivity index (χ3v) is 5.72. The summed E-state index contributed by atoms with van der Waals surface area (Å²) in [5.74, 6) is -0.0816. The van der Waals surface area contributed by atoms with Crippen molar-refractivity contribution in [2.45, 2.75) is 11.4 Å². The van der Waals surface area contributed by atoms with Crippen LogP contribution < -0.4 is 5.43 Å². The Labute approximate surface area is 168 Å². The fourth-order valence-corrected chi connectivity index (χ4v) is 3.86. The number of nitrogens with zero attached hydrogens (tertiary/aromatic N) is 2. The average molecular weight is 413 g/mol. The van der Waals surface area contributed by atoms with Crippen LogP contribution in [-0.4, -0.2) is 36.5 Å². The van der Waals surface area contributed by atoms with E-state index in [2.05, 4.69) is 10.5 Å². The van der Waals surface area contributed by atoms with Crippen LogP contribution in [-0.2, 0) is 21.4 Å². The van der Waals surface area contributed by atoms with E-state index in [1.54, 1.807) is 42.5 Å². The molecular weight excluding hydrogens is 394 g/mol. The van der Waals surface area contributed by atoms with Gasteiger partial charge in [-0.3, -0.25) is 4.79 Å². The van der Waals surface area contributed by atoms with Gasteiger partial charge in [-0.1, -0.05) is 18.2 Å². The van der Waals surface area contributed by atoms with Gasteiger partial charge in [0.25, 0.3) is 5.91 Å². The van der Waals surface area contributed by atoms with Gasteiger partial charge in [0, 0.05) is 0 Å². The quantitative estimate of drug-likeness (QED) is 0.435. The summed E-state index contributed by atoms with van der Waals surface area (Å²) in [6, 6.07) is 17.3. The zero-order valence-electron chi connectivity index (χ0n) is 15.3. The zero-order valence-corrected chi connectivity index (χ0v) is 16.1. The normalized spacial score (nSPS) is 11.8. The van der Waals surface area contributed by atoms with Crippen LogP contribution in [0.3, 0.4) is 0 Å². The molecule has 0 unspecified atom stereocenters. The van der Waals surface area contributed by atoms with Crippen LogP contribution in [0.15, 0.2) is 87.4 Å². The van der Waals surface area contributed by atoms with Gasteiger partial charge in [-0.2, -0.15) is 9.41 Å². The van der Waals surface area contributed by atoms with Crippen LogP contribution in [0.1, 0.15) is 11.3 Å². The first-order valence-electron chi connectivity index (χ1n) is 8.64. The Kier molecular flexibility index (Phi) is 6.43. The van der Waals surface area contributed by atoms with E-state index in [9.17, 15) is 18.3 Å². The second-order valence-electron chi connectivity index (χ2n) is 6.05. The van der Waals surface area contributed by atoms with E-state index < -0.39 is 22.5 Å². The molecule has 3 aromatic rings. The first kappa shape index (κ1) is 20.3. The second kappa shape index (κ2) is 9.18. The molecule has 0 fully saturated rings. The number of carbonyl (C=O) groups excluding carboxylic acids is 1. The molecule has 0 aliphatic carbocycles. The van der Waals surface area contributed by atoms with Crippen molar-refractivity contribution in [3.63, 3.8) is 0 Å². The maximum atomic E-state index is 13.0. The monoisotopic (exact) mass is 413 g/mol. The first-order valence-corrected chi connectivity index (χ1v) is 10.1. The molecule has 0 radical (unpaired) electrons. The highest BCUT2D eigenvalue weighted by Gasteiger charge is 2.27. The van der Waals surface area contributed by atoms with E-state index in [1.165, 1.54) is 36.7 Å². The minimum absolute atomic E-state index is 0.0759. The Balaban J connectivity index is 1.72. The molecule has 1 aromatic heterocycles. The fourth-order valence-electron chi connectivity index (χ4n) is 2.48. The summed E-state index contributed by atoms with van der Waals surface area (Å²) in [6.07, 6.45) is 2.82. The van der Waals surface area contributed by atoms with Gasteiger partial charge in [0.05, 0.1) is 30.5 Å². The molecule has 2 aromatic carbocycles.